The maximum atomic E-state index is 5.47. The van der Waals surface area contributed by atoms with E-state index in [1.807, 2.05) is 12.1 Å². The van der Waals surface area contributed by atoms with Crippen molar-refractivity contribution >= 4 is 34.3 Å². The SMILES string of the molecule is COc1ccc(CCNc2ncnc3c2nc(Nc2ccc(N4CCOCC4)cc2)n3C(C)C)cc1. The second kappa shape index (κ2) is 10.8. The number of aromatic nitrogens is 4. The van der Waals surface area contributed by atoms with Gasteiger partial charge in [0.05, 0.1) is 20.3 Å². The summed E-state index contributed by atoms with van der Waals surface area (Å²) in [5, 5.41) is 6.94. The van der Waals surface area contributed by atoms with E-state index in [4.69, 9.17) is 14.5 Å². The van der Waals surface area contributed by atoms with Crippen molar-refractivity contribution in [2.75, 3.05) is 55.5 Å². The molecular weight excluding hydrogens is 454 g/mol. The number of nitrogens with one attached hydrogen (secondary N) is 2. The molecule has 5 rings (SSSR count). The fourth-order valence-electron chi connectivity index (χ4n) is 4.44. The van der Waals surface area contributed by atoms with E-state index in [-0.39, 0.29) is 6.04 Å². The number of hydrogen-bond donors (Lipinski definition) is 2. The first-order valence-electron chi connectivity index (χ1n) is 12.4. The quantitative estimate of drug-likeness (QED) is 0.353. The van der Waals surface area contributed by atoms with Crippen LogP contribution >= 0.6 is 0 Å². The molecule has 0 spiro atoms. The summed E-state index contributed by atoms with van der Waals surface area (Å²) >= 11 is 0. The maximum absolute atomic E-state index is 5.47. The minimum Gasteiger partial charge on any atom is -0.497 e. The molecule has 0 bridgehead atoms. The molecule has 9 heteroatoms. The number of rotatable bonds is 9. The molecule has 9 nitrogen and oxygen atoms in total. The molecule has 2 aromatic carbocycles. The standard InChI is InChI=1S/C27H33N7O2/c1-19(2)34-26-24(25(29-18-30-26)28-13-12-20-4-10-23(35-3)11-5-20)32-27(34)31-21-6-8-22(9-7-21)33-14-16-36-17-15-33/h4-11,18-19H,12-17H2,1-3H3,(H,31,32)(H,28,29,30). The molecule has 1 aliphatic rings. The lowest BCUT2D eigenvalue weighted by Crippen LogP contribution is -2.36. The summed E-state index contributed by atoms with van der Waals surface area (Å²) in [6.07, 6.45) is 2.46. The normalized spacial score (nSPS) is 13.8. The number of ether oxygens (including phenoxy) is 2. The van der Waals surface area contributed by atoms with Gasteiger partial charge in [-0.1, -0.05) is 12.1 Å². The molecule has 1 aliphatic heterocycles. The highest BCUT2D eigenvalue weighted by Gasteiger charge is 2.18. The lowest BCUT2D eigenvalue weighted by atomic mass is 10.1. The van der Waals surface area contributed by atoms with Crippen LogP contribution in [0.15, 0.2) is 54.9 Å². The Morgan fingerprint density at radius 2 is 1.75 bits per heavy atom. The molecule has 0 saturated carbocycles. The fourth-order valence-corrected chi connectivity index (χ4v) is 4.44. The average Bonchev–Trinajstić information content (AvgIpc) is 3.29. The van der Waals surface area contributed by atoms with E-state index in [1.54, 1.807) is 13.4 Å². The average molecular weight is 488 g/mol. The number of benzene rings is 2. The third kappa shape index (κ3) is 5.21. The smallest absolute Gasteiger partial charge is 0.210 e. The second-order valence-corrected chi connectivity index (χ2v) is 9.09. The first-order chi connectivity index (χ1) is 17.6. The van der Waals surface area contributed by atoms with E-state index in [1.165, 1.54) is 11.3 Å². The minimum atomic E-state index is 0.173. The highest BCUT2D eigenvalue weighted by molar-refractivity contribution is 5.86. The van der Waals surface area contributed by atoms with Gasteiger partial charge in [0.1, 0.15) is 12.1 Å². The van der Waals surface area contributed by atoms with E-state index in [9.17, 15) is 0 Å². The Kier molecular flexibility index (Phi) is 7.18. The number of morpholine rings is 1. The van der Waals surface area contributed by atoms with E-state index in [0.717, 1.165) is 73.6 Å². The van der Waals surface area contributed by atoms with Crippen LogP contribution < -0.4 is 20.3 Å². The number of methoxy groups -OCH3 is 1. The topological polar surface area (TPSA) is 89.4 Å². The lowest BCUT2D eigenvalue weighted by molar-refractivity contribution is 0.122. The van der Waals surface area contributed by atoms with Gasteiger partial charge in [-0.15, -0.1) is 0 Å². The van der Waals surface area contributed by atoms with Crippen molar-refractivity contribution in [3.63, 3.8) is 0 Å². The maximum Gasteiger partial charge on any atom is 0.210 e. The summed E-state index contributed by atoms with van der Waals surface area (Å²) in [6.45, 7) is 8.38. The van der Waals surface area contributed by atoms with E-state index < -0.39 is 0 Å². The summed E-state index contributed by atoms with van der Waals surface area (Å²) in [5.74, 6) is 2.34. The van der Waals surface area contributed by atoms with Crippen LogP contribution in [-0.2, 0) is 11.2 Å². The molecule has 2 N–H and O–H groups in total. The van der Waals surface area contributed by atoms with Gasteiger partial charge in [-0.05, 0) is 62.2 Å². The number of hydrogen-bond acceptors (Lipinski definition) is 8. The first kappa shape index (κ1) is 23.9. The molecule has 0 unspecified atom stereocenters. The largest absolute Gasteiger partial charge is 0.497 e. The van der Waals surface area contributed by atoms with Gasteiger partial charge in [-0.25, -0.2) is 15.0 Å². The molecule has 0 amide bonds. The van der Waals surface area contributed by atoms with Crippen molar-refractivity contribution in [2.24, 2.45) is 0 Å². The molecule has 2 aromatic heterocycles. The Morgan fingerprint density at radius 3 is 2.44 bits per heavy atom. The monoisotopic (exact) mass is 487 g/mol. The van der Waals surface area contributed by atoms with Crippen molar-refractivity contribution in [1.29, 1.82) is 0 Å². The van der Waals surface area contributed by atoms with Crippen molar-refractivity contribution in [3.05, 3.63) is 60.4 Å². The van der Waals surface area contributed by atoms with Crippen LogP contribution in [0, 0.1) is 0 Å². The van der Waals surface area contributed by atoms with Gasteiger partial charge in [0, 0.05) is 37.1 Å². The Hall–Kier alpha value is -3.85. The second-order valence-electron chi connectivity index (χ2n) is 9.09. The van der Waals surface area contributed by atoms with Crippen LogP contribution in [-0.4, -0.2) is 59.5 Å². The third-order valence-electron chi connectivity index (χ3n) is 6.36. The van der Waals surface area contributed by atoms with Gasteiger partial charge >= 0.3 is 0 Å². The third-order valence-corrected chi connectivity index (χ3v) is 6.36. The highest BCUT2D eigenvalue weighted by Crippen LogP contribution is 2.29. The van der Waals surface area contributed by atoms with Gasteiger partial charge in [0.2, 0.25) is 5.95 Å². The number of anilines is 4. The number of nitrogens with zero attached hydrogens (tertiary/aromatic N) is 5. The Balaban J connectivity index is 1.33. The van der Waals surface area contributed by atoms with Crippen molar-refractivity contribution < 1.29 is 9.47 Å². The zero-order valence-corrected chi connectivity index (χ0v) is 21.1. The molecule has 0 radical (unpaired) electrons. The predicted octanol–water partition coefficient (Wildman–Crippen LogP) is 4.65. The van der Waals surface area contributed by atoms with Crippen LogP contribution in [0.4, 0.5) is 23.1 Å². The van der Waals surface area contributed by atoms with Crippen LogP contribution in [0.3, 0.4) is 0 Å². The molecule has 1 fully saturated rings. The Labute approximate surface area is 211 Å². The molecule has 36 heavy (non-hydrogen) atoms. The lowest BCUT2D eigenvalue weighted by Gasteiger charge is -2.28. The van der Waals surface area contributed by atoms with Crippen molar-refractivity contribution in [2.45, 2.75) is 26.3 Å². The van der Waals surface area contributed by atoms with Crippen LogP contribution in [0.25, 0.3) is 11.2 Å². The molecule has 0 atom stereocenters. The van der Waals surface area contributed by atoms with E-state index in [0.29, 0.717) is 0 Å². The van der Waals surface area contributed by atoms with E-state index >= 15 is 0 Å². The van der Waals surface area contributed by atoms with Crippen molar-refractivity contribution in [3.8, 4) is 5.75 Å². The molecule has 188 valence electrons. The molecular formula is C27H33N7O2. The number of imidazole rings is 1. The van der Waals surface area contributed by atoms with Gasteiger partial charge in [0.15, 0.2) is 17.0 Å². The van der Waals surface area contributed by atoms with Gasteiger partial charge < -0.3 is 25.0 Å². The molecule has 4 aromatic rings. The first-order valence-corrected chi connectivity index (χ1v) is 12.4. The van der Waals surface area contributed by atoms with Crippen LogP contribution in [0.1, 0.15) is 25.5 Å². The van der Waals surface area contributed by atoms with Crippen molar-refractivity contribution in [1.82, 2.24) is 19.5 Å². The van der Waals surface area contributed by atoms with E-state index in [2.05, 4.69) is 80.3 Å². The fraction of sp³-hybridized carbons (Fsp3) is 0.370. The van der Waals surface area contributed by atoms with Gasteiger partial charge in [-0.3, -0.25) is 4.57 Å². The predicted molar refractivity (Wildman–Crippen MR) is 144 cm³/mol. The molecule has 3 heterocycles. The summed E-state index contributed by atoms with van der Waals surface area (Å²) in [7, 11) is 1.68. The molecule has 0 aliphatic carbocycles. The number of fused-ring (bicyclic) bond motifs is 1. The Morgan fingerprint density at radius 1 is 1.00 bits per heavy atom. The van der Waals surface area contributed by atoms with Crippen LogP contribution in [0.5, 0.6) is 5.75 Å². The Bertz CT molecular complexity index is 1280. The van der Waals surface area contributed by atoms with Gasteiger partial charge in [-0.2, -0.15) is 0 Å². The summed E-state index contributed by atoms with van der Waals surface area (Å²) in [6, 6.07) is 16.8. The zero-order chi connectivity index (χ0) is 24.9. The molecule has 1 saturated heterocycles. The summed E-state index contributed by atoms with van der Waals surface area (Å²) in [4.78, 5) is 16.3. The minimum absolute atomic E-state index is 0.173. The highest BCUT2D eigenvalue weighted by atomic mass is 16.5. The summed E-state index contributed by atoms with van der Waals surface area (Å²) < 4.78 is 12.8. The van der Waals surface area contributed by atoms with Crippen LogP contribution in [0.2, 0.25) is 0 Å². The van der Waals surface area contributed by atoms with Gasteiger partial charge in [0.25, 0.3) is 0 Å². The zero-order valence-electron chi connectivity index (χ0n) is 21.1. The summed E-state index contributed by atoms with van der Waals surface area (Å²) in [5.41, 5.74) is 4.97.